The van der Waals surface area contributed by atoms with E-state index in [1.807, 2.05) is 24.3 Å². The molecule has 1 saturated heterocycles. The number of anilines is 1. The maximum absolute atomic E-state index is 12.1. The van der Waals surface area contributed by atoms with Gasteiger partial charge in [0.2, 0.25) is 0 Å². The summed E-state index contributed by atoms with van der Waals surface area (Å²) in [6, 6.07) is 7.37. The van der Waals surface area contributed by atoms with E-state index in [1.165, 1.54) is 0 Å². The average Bonchev–Trinajstić information content (AvgIpc) is 2.65. The molecule has 1 unspecified atom stereocenters. The molecule has 102 valence electrons. The van der Waals surface area contributed by atoms with Gasteiger partial charge in [0.05, 0.1) is 6.04 Å². The molecule has 1 heterocycles. The molecule has 1 aliphatic rings. The van der Waals surface area contributed by atoms with Gasteiger partial charge in [-0.05, 0) is 30.7 Å². The number of benzene rings is 1. The van der Waals surface area contributed by atoms with Crippen LogP contribution in [0, 0.1) is 0 Å². The first-order valence-electron chi connectivity index (χ1n) is 6.00. The van der Waals surface area contributed by atoms with E-state index < -0.39 is 5.97 Å². The zero-order valence-electron chi connectivity index (χ0n) is 10.5. The Hall–Kier alpha value is -1.56. The number of hydrogen-bond donors (Lipinski definition) is 1. The summed E-state index contributed by atoms with van der Waals surface area (Å²) in [5, 5.41) is 8.72. The molecule has 0 bridgehead atoms. The van der Waals surface area contributed by atoms with Crippen molar-refractivity contribution in [2.45, 2.75) is 18.9 Å². The molecule has 1 fully saturated rings. The molecule has 1 atom stereocenters. The summed E-state index contributed by atoms with van der Waals surface area (Å²) in [4.78, 5) is 26.0. The minimum atomic E-state index is -0.831. The Morgan fingerprint density at radius 1 is 1.42 bits per heavy atom. The van der Waals surface area contributed by atoms with Crippen molar-refractivity contribution in [2.75, 3.05) is 18.5 Å². The van der Waals surface area contributed by atoms with E-state index in [0.717, 1.165) is 10.2 Å². The van der Waals surface area contributed by atoms with Gasteiger partial charge in [0.1, 0.15) is 0 Å². The van der Waals surface area contributed by atoms with Gasteiger partial charge in [-0.1, -0.05) is 15.9 Å². The van der Waals surface area contributed by atoms with E-state index >= 15 is 0 Å². The van der Waals surface area contributed by atoms with Crippen molar-refractivity contribution in [1.29, 1.82) is 0 Å². The highest BCUT2D eigenvalue weighted by Crippen LogP contribution is 2.26. The number of amides is 2. The molecule has 5 nitrogen and oxygen atoms in total. The largest absolute Gasteiger partial charge is 0.481 e. The molecular formula is C13H15BrN2O3. The number of nitrogens with zero attached hydrogens (tertiary/aromatic N) is 2. The molecule has 1 aromatic carbocycles. The number of carbonyl (C=O) groups excluding carboxylic acids is 1. The molecule has 0 saturated carbocycles. The molecule has 0 radical (unpaired) electrons. The quantitative estimate of drug-likeness (QED) is 0.924. The van der Waals surface area contributed by atoms with Crippen LogP contribution >= 0.6 is 15.9 Å². The van der Waals surface area contributed by atoms with E-state index in [-0.39, 0.29) is 18.5 Å². The van der Waals surface area contributed by atoms with Crippen LogP contribution in [-0.2, 0) is 4.79 Å². The second-order valence-electron chi connectivity index (χ2n) is 4.57. The van der Waals surface area contributed by atoms with Crippen LogP contribution < -0.4 is 4.90 Å². The zero-order chi connectivity index (χ0) is 14.0. The number of halogens is 1. The van der Waals surface area contributed by atoms with Crippen LogP contribution in [0.4, 0.5) is 10.5 Å². The van der Waals surface area contributed by atoms with Crippen molar-refractivity contribution in [3.63, 3.8) is 0 Å². The van der Waals surface area contributed by atoms with E-state index in [4.69, 9.17) is 5.11 Å². The van der Waals surface area contributed by atoms with Crippen molar-refractivity contribution >= 4 is 33.6 Å². The average molecular weight is 327 g/mol. The summed E-state index contributed by atoms with van der Waals surface area (Å²) in [6.45, 7) is 0.532. The molecule has 2 rings (SSSR count). The lowest BCUT2D eigenvalue weighted by Gasteiger charge is -2.16. The Labute approximate surface area is 119 Å². The van der Waals surface area contributed by atoms with Crippen LogP contribution in [0.5, 0.6) is 0 Å². The van der Waals surface area contributed by atoms with Gasteiger partial charge in [-0.15, -0.1) is 0 Å². The van der Waals surface area contributed by atoms with Gasteiger partial charge in [0.25, 0.3) is 0 Å². The Morgan fingerprint density at radius 2 is 2.05 bits per heavy atom. The maximum atomic E-state index is 12.1. The maximum Gasteiger partial charge on any atom is 0.324 e. The topological polar surface area (TPSA) is 60.9 Å². The van der Waals surface area contributed by atoms with Crippen molar-refractivity contribution in [3.05, 3.63) is 28.7 Å². The number of aliphatic carboxylic acids is 1. The number of urea groups is 1. The Morgan fingerprint density at radius 3 is 2.63 bits per heavy atom. The molecule has 0 aliphatic carbocycles. The lowest BCUT2D eigenvalue weighted by Crippen LogP contribution is -2.31. The number of carbonyl (C=O) groups is 2. The summed E-state index contributed by atoms with van der Waals surface area (Å²) in [5.74, 6) is -0.831. The van der Waals surface area contributed by atoms with Crippen LogP contribution in [0.2, 0.25) is 0 Å². The van der Waals surface area contributed by atoms with Crippen LogP contribution in [0.1, 0.15) is 12.8 Å². The summed E-state index contributed by atoms with van der Waals surface area (Å²) >= 11 is 3.35. The number of carboxylic acids is 1. The van der Waals surface area contributed by atoms with Crippen molar-refractivity contribution in [3.8, 4) is 0 Å². The molecule has 2 amide bonds. The first-order valence-corrected chi connectivity index (χ1v) is 6.80. The van der Waals surface area contributed by atoms with Gasteiger partial charge < -0.3 is 10.0 Å². The summed E-state index contributed by atoms with van der Waals surface area (Å²) in [7, 11) is 1.72. The van der Waals surface area contributed by atoms with Gasteiger partial charge in [-0.25, -0.2) is 4.79 Å². The van der Waals surface area contributed by atoms with Crippen LogP contribution in [0.15, 0.2) is 28.7 Å². The fourth-order valence-electron chi connectivity index (χ4n) is 2.17. The summed E-state index contributed by atoms with van der Waals surface area (Å²) in [5.41, 5.74) is 0.831. The highest BCUT2D eigenvalue weighted by molar-refractivity contribution is 9.10. The number of rotatable bonds is 4. The highest BCUT2D eigenvalue weighted by Gasteiger charge is 2.35. The number of likely N-dealkylation sites (N-methyl/N-ethyl adjacent to an activating group) is 1. The summed E-state index contributed by atoms with van der Waals surface area (Å²) < 4.78 is 0.957. The number of carboxylic acid groups (broad SMARTS) is 1. The van der Waals surface area contributed by atoms with Gasteiger partial charge in [0, 0.05) is 30.2 Å². The first kappa shape index (κ1) is 13.9. The van der Waals surface area contributed by atoms with Gasteiger partial charge in [0.15, 0.2) is 0 Å². The van der Waals surface area contributed by atoms with Crippen molar-refractivity contribution in [2.24, 2.45) is 0 Å². The van der Waals surface area contributed by atoms with E-state index in [0.29, 0.717) is 13.0 Å². The second kappa shape index (κ2) is 5.61. The molecule has 0 aromatic heterocycles. The molecule has 1 aliphatic heterocycles. The van der Waals surface area contributed by atoms with Crippen molar-refractivity contribution < 1.29 is 14.7 Å². The third-order valence-corrected chi connectivity index (χ3v) is 3.83. The SMILES string of the molecule is CN1C(=O)N(c2ccc(Br)cc2)CC1CCC(=O)O. The van der Waals surface area contributed by atoms with Crippen LogP contribution in [0.3, 0.4) is 0 Å². The fourth-order valence-corrected chi connectivity index (χ4v) is 2.43. The predicted octanol–water partition coefficient (Wildman–Crippen LogP) is 2.55. The first-order chi connectivity index (χ1) is 8.99. The lowest BCUT2D eigenvalue weighted by atomic mass is 10.1. The smallest absolute Gasteiger partial charge is 0.324 e. The van der Waals surface area contributed by atoms with Crippen LogP contribution in [0.25, 0.3) is 0 Å². The summed E-state index contributed by atoms with van der Waals surface area (Å²) in [6.07, 6.45) is 0.557. The monoisotopic (exact) mass is 326 g/mol. The molecule has 6 heteroatoms. The number of hydrogen-bond acceptors (Lipinski definition) is 2. The molecular weight excluding hydrogens is 312 g/mol. The minimum Gasteiger partial charge on any atom is -0.481 e. The third kappa shape index (κ3) is 3.07. The zero-order valence-corrected chi connectivity index (χ0v) is 12.1. The third-order valence-electron chi connectivity index (χ3n) is 3.30. The van der Waals surface area contributed by atoms with Gasteiger partial charge >= 0.3 is 12.0 Å². The standard InChI is InChI=1S/C13H15BrN2O3/c1-15-11(6-7-12(17)18)8-16(13(15)19)10-4-2-9(14)3-5-10/h2-5,11H,6-8H2,1H3,(H,17,18). The Bertz CT molecular complexity index is 489. The molecule has 1 aromatic rings. The van der Waals surface area contributed by atoms with Gasteiger partial charge in [-0.3, -0.25) is 9.69 Å². The molecule has 1 N–H and O–H groups in total. The van der Waals surface area contributed by atoms with E-state index in [9.17, 15) is 9.59 Å². The molecule has 19 heavy (non-hydrogen) atoms. The predicted molar refractivity (Wildman–Crippen MR) is 75.3 cm³/mol. The Kier molecular flexibility index (Phi) is 4.09. The van der Waals surface area contributed by atoms with E-state index in [2.05, 4.69) is 15.9 Å². The highest BCUT2D eigenvalue weighted by atomic mass is 79.9. The van der Waals surface area contributed by atoms with E-state index in [1.54, 1.807) is 16.8 Å². The van der Waals surface area contributed by atoms with Crippen molar-refractivity contribution in [1.82, 2.24) is 4.90 Å². The molecule has 0 spiro atoms. The minimum absolute atomic E-state index is 0.0488. The normalized spacial score (nSPS) is 19.1. The Balaban J connectivity index is 2.09. The fraction of sp³-hybridized carbons (Fsp3) is 0.385. The second-order valence-corrected chi connectivity index (χ2v) is 5.48. The van der Waals surface area contributed by atoms with Crippen LogP contribution in [-0.4, -0.2) is 41.6 Å². The van der Waals surface area contributed by atoms with Gasteiger partial charge in [-0.2, -0.15) is 0 Å². The lowest BCUT2D eigenvalue weighted by molar-refractivity contribution is -0.137.